The van der Waals surface area contributed by atoms with Gasteiger partial charge < -0.3 is 10.4 Å². The van der Waals surface area contributed by atoms with Crippen LogP contribution in [-0.2, 0) is 0 Å². The minimum Gasteiger partial charge on any atom is -0.396 e. The van der Waals surface area contributed by atoms with Crippen LogP contribution in [-0.4, -0.2) is 27.5 Å². The summed E-state index contributed by atoms with van der Waals surface area (Å²) < 4.78 is 1.35. The molecule has 0 saturated heterocycles. The molecule has 0 aliphatic heterocycles. The average molecular weight is 274 g/mol. The van der Waals surface area contributed by atoms with E-state index in [2.05, 4.69) is 10.4 Å². The van der Waals surface area contributed by atoms with Crippen LogP contribution >= 0.6 is 11.6 Å². The zero-order chi connectivity index (χ0) is 13.7. The summed E-state index contributed by atoms with van der Waals surface area (Å²) in [4.78, 5) is 11.9. The van der Waals surface area contributed by atoms with E-state index >= 15 is 0 Å². The van der Waals surface area contributed by atoms with E-state index in [1.165, 1.54) is 4.68 Å². The Hall–Kier alpha value is -1.07. The predicted octanol–water partition coefficient (Wildman–Crippen LogP) is 2.05. The third-order valence-electron chi connectivity index (χ3n) is 2.63. The van der Waals surface area contributed by atoms with Crippen LogP contribution < -0.4 is 10.9 Å². The number of anilines is 1. The molecule has 0 spiro atoms. The number of aliphatic hydroxyl groups excluding tert-OH is 1. The molecule has 6 heteroatoms. The van der Waals surface area contributed by atoms with Crippen molar-refractivity contribution in [3.8, 4) is 0 Å². The Balaban J connectivity index is 2.86. The average Bonchev–Trinajstić information content (AvgIpc) is 2.32. The van der Waals surface area contributed by atoms with Gasteiger partial charge in [-0.2, -0.15) is 5.10 Å². The quantitative estimate of drug-likeness (QED) is 0.832. The van der Waals surface area contributed by atoms with Gasteiger partial charge in [0.15, 0.2) is 0 Å². The smallest absolute Gasteiger partial charge is 0.287 e. The Morgan fingerprint density at radius 1 is 1.50 bits per heavy atom. The second kappa shape index (κ2) is 6.75. The molecule has 1 atom stereocenters. The largest absolute Gasteiger partial charge is 0.396 e. The molecule has 1 heterocycles. The van der Waals surface area contributed by atoms with Crippen LogP contribution in [0.5, 0.6) is 0 Å². The third kappa shape index (κ3) is 3.71. The first kappa shape index (κ1) is 15.0. The van der Waals surface area contributed by atoms with E-state index in [9.17, 15) is 4.79 Å². The van der Waals surface area contributed by atoms with Crippen LogP contribution in [0.1, 0.15) is 39.7 Å². The maximum atomic E-state index is 11.9. The van der Waals surface area contributed by atoms with E-state index in [0.717, 1.165) is 6.42 Å². The minimum atomic E-state index is -0.286. The molecule has 102 valence electrons. The van der Waals surface area contributed by atoms with Crippen LogP contribution in [0.15, 0.2) is 11.0 Å². The Labute approximate surface area is 112 Å². The lowest BCUT2D eigenvalue weighted by Gasteiger charge is -2.16. The van der Waals surface area contributed by atoms with Gasteiger partial charge in [0.05, 0.1) is 17.9 Å². The molecule has 0 amide bonds. The van der Waals surface area contributed by atoms with Crippen LogP contribution in [0, 0.1) is 0 Å². The second-order valence-corrected chi connectivity index (χ2v) is 5.00. The highest BCUT2D eigenvalue weighted by atomic mass is 35.5. The molecule has 2 N–H and O–H groups in total. The molecular formula is C12H20ClN3O2. The van der Waals surface area contributed by atoms with E-state index in [1.807, 2.05) is 20.8 Å². The van der Waals surface area contributed by atoms with E-state index in [4.69, 9.17) is 16.7 Å². The van der Waals surface area contributed by atoms with Gasteiger partial charge in [-0.25, -0.2) is 4.68 Å². The Kier molecular flexibility index (Phi) is 5.62. The van der Waals surface area contributed by atoms with Gasteiger partial charge in [-0.15, -0.1) is 0 Å². The first-order valence-electron chi connectivity index (χ1n) is 6.12. The number of aromatic nitrogens is 2. The standard InChI is InChI=1S/C12H20ClN3O2/c1-8(2)16-12(18)11(13)10(7-14-16)15-9(3)5-4-6-17/h7-9,15,17H,4-6H2,1-3H3. The van der Waals surface area contributed by atoms with E-state index in [-0.39, 0.29) is 29.3 Å². The molecule has 0 aromatic carbocycles. The first-order valence-corrected chi connectivity index (χ1v) is 6.49. The van der Waals surface area contributed by atoms with Crippen molar-refractivity contribution in [2.75, 3.05) is 11.9 Å². The van der Waals surface area contributed by atoms with Gasteiger partial charge in [-0.05, 0) is 33.6 Å². The number of aliphatic hydroxyl groups is 1. The van der Waals surface area contributed by atoms with Crippen molar-refractivity contribution in [3.05, 3.63) is 21.6 Å². The molecule has 0 aliphatic rings. The fourth-order valence-electron chi connectivity index (χ4n) is 1.65. The monoisotopic (exact) mass is 273 g/mol. The lowest BCUT2D eigenvalue weighted by molar-refractivity contribution is 0.282. The van der Waals surface area contributed by atoms with Crippen molar-refractivity contribution in [2.45, 2.75) is 45.7 Å². The number of halogens is 1. The summed E-state index contributed by atoms with van der Waals surface area (Å²) in [6.07, 6.45) is 3.08. The van der Waals surface area contributed by atoms with Crippen molar-refractivity contribution in [3.63, 3.8) is 0 Å². The highest BCUT2D eigenvalue weighted by molar-refractivity contribution is 6.32. The minimum absolute atomic E-state index is 0.0177. The molecule has 0 radical (unpaired) electrons. The van der Waals surface area contributed by atoms with Gasteiger partial charge in [0, 0.05) is 12.6 Å². The SMILES string of the molecule is CC(CCCO)Nc1cnn(C(C)C)c(=O)c1Cl. The molecule has 1 aromatic heterocycles. The Morgan fingerprint density at radius 3 is 2.72 bits per heavy atom. The van der Waals surface area contributed by atoms with E-state index in [0.29, 0.717) is 12.1 Å². The fraction of sp³-hybridized carbons (Fsp3) is 0.667. The van der Waals surface area contributed by atoms with Gasteiger partial charge in [0.25, 0.3) is 5.56 Å². The predicted molar refractivity (Wildman–Crippen MR) is 73.3 cm³/mol. The summed E-state index contributed by atoms with van der Waals surface area (Å²) >= 11 is 6.04. The summed E-state index contributed by atoms with van der Waals surface area (Å²) in [5.74, 6) is 0. The molecule has 1 rings (SSSR count). The van der Waals surface area contributed by atoms with Gasteiger partial charge in [-0.3, -0.25) is 4.79 Å². The molecule has 0 saturated carbocycles. The first-order chi connectivity index (χ1) is 8.47. The second-order valence-electron chi connectivity index (χ2n) is 4.63. The highest BCUT2D eigenvalue weighted by Crippen LogP contribution is 2.18. The van der Waals surface area contributed by atoms with Crippen molar-refractivity contribution >= 4 is 17.3 Å². The zero-order valence-electron chi connectivity index (χ0n) is 11.0. The van der Waals surface area contributed by atoms with Crippen LogP contribution in [0.25, 0.3) is 0 Å². The molecule has 5 nitrogen and oxygen atoms in total. The van der Waals surface area contributed by atoms with Gasteiger partial charge >= 0.3 is 0 Å². The molecule has 0 aliphatic carbocycles. The number of rotatable bonds is 6. The maximum Gasteiger partial charge on any atom is 0.287 e. The van der Waals surface area contributed by atoms with Gasteiger partial charge in [0.2, 0.25) is 0 Å². The van der Waals surface area contributed by atoms with Crippen molar-refractivity contribution in [1.29, 1.82) is 0 Å². The molecular weight excluding hydrogens is 254 g/mol. The number of nitrogens with one attached hydrogen (secondary N) is 1. The van der Waals surface area contributed by atoms with E-state index < -0.39 is 0 Å². The zero-order valence-corrected chi connectivity index (χ0v) is 11.7. The Bertz CT molecular complexity index is 445. The van der Waals surface area contributed by atoms with Crippen LogP contribution in [0.4, 0.5) is 5.69 Å². The van der Waals surface area contributed by atoms with Crippen molar-refractivity contribution < 1.29 is 5.11 Å². The topological polar surface area (TPSA) is 67.2 Å². The number of nitrogens with zero attached hydrogens (tertiary/aromatic N) is 2. The highest BCUT2D eigenvalue weighted by Gasteiger charge is 2.12. The maximum absolute atomic E-state index is 11.9. The lowest BCUT2D eigenvalue weighted by Crippen LogP contribution is -2.27. The van der Waals surface area contributed by atoms with Crippen molar-refractivity contribution in [2.24, 2.45) is 0 Å². The van der Waals surface area contributed by atoms with Crippen molar-refractivity contribution in [1.82, 2.24) is 9.78 Å². The fourth-order valence-corrected chi connectivity index (χ4v) is 1.84. The summed E-state index contributed by atoms with van der Waals surface area (Å²) in [7, 11) is 0. The van der Waals surface area contributed by atoms with Gasteiger partial charge in [-0.1, -0.05) is 11.6 Å². The molecule has 0 fully saturated rings. The van der Waals surface area contributed by atoms with Crippen LogP contribution in [0.2, 0.25) is 5.02 Å². The Morgan fingerprint density at radius 2 is 2.17 bits per heavy atom. The van der Waals surface area contributed by atoms with E-state index in [1.54, 1.807) is 6.20 Å². The van der Waals surface area contributed by atoms with Crippen LogP contribution in [0.3, 0.4) is 0 Å². The van der Waals surface area contributed by atoms with Gasteiger partial charge in [0.1, 0.15) is 5.02 Å². The summed E-state index contributed by atoms with van der Waals surface area (Å²) in [6.45, 7) is 5.89. The molecule has 18 heavy (non-hydrogen) atoms. The normalized spacial score (nSPS) is 12.8. The molecule has 0 bridgehead atoms. The lowest BCUT2D eigenvalue weighted by atomic mass is 10.2. The molecule has 1 unspecified atom stereocenters. The summed E-state index contributed by atoms with van der Waals surface area (Å²) in [6, 6.07) is 0.113. The number of hydrogen-bond donors (Lipinski definition) is 2. The number of hydrogen-bond acceptors (Lipinski definition) is 4. The third-order valence-corrected chi connectivity index (χ3v) is 3.00. The summed E-state index contributed by atoms with van der Waals surface area (Å²) in [5.41, 5.74) is 0.259. The molecule has 1 aromatic rings. The summed E-state index contributed by atoms with van der Waals surface area (Å²) in [5, 5.41) is 16.1.